The van der Waals surface area contributed by atoms with E-state index in [-0.39, 0.29) is 17.3 Å². The third-order valence-electron chi connectivity index (χ3n) is 4.54. The van der Waals surface area contributed by atoms with Crippen molar-refractivity contribution in [2.24, 2.45) is 5.10 Å². The zero-order valence-electron chi connectivity index (χ0n) is 17.0. The summed E-state index contributed by atoms with van der Waals surface area (Å²) in [6.07, 6.45) is 1.80. The summed E-state index contributed by atoms with van der Waals surface area (Å²) in [7, 11) is -3.91. The van der Waals surface area contributed by atoms with Gasteiger partial charge in [-0.15, -0.1) is 0 Å². The standard InChI is InChI=1S/C23H21BrFN3O3S/c24-20-8-12-22(13-9-20)32(30,31)28(15-14-18-4-2-1-3-5-18)17-23(29)27-26-16-19-6-10-21(25)11-7-19/h1-13,16H,14-15,17H2,(H,27,29)/b26-16-. The molecule has 0 atom stereocenters. The summed E-state index contributed by atoms with van der Waals surface area (Å²) < 4.78 is 41.2. The molecule has 1 N–H and O–H groups in total. The highest BCUT2D eigenvalue weighted by atomic mass is 79.9. The largest absolute Gasteiger partial charge is 0.272 e. The van der Waals surface area contributed by atoms with Crippen molar-refractivity contribution in [2.45, 2.75) is 11.3 Å². The van der Waals surface area contributed by atoms with Gasteiger partial charge in [-0.25, -0.2) is 18.2 Å². The summed E-state index contributed by atoms with van der Waals surface area (Å²) in [5.74, 6) is -0.962. The second-order valence-electron chi connectivity index (χ2n) is 6.87. The average Bonchev–Trinajstić information content (AvgIpc) is 2.79. The minimum atomic E-state index is -3.91. The van der Waals surface area contributed by atoms with Crippen molar-refractivity contribution < 1.29 is 17.6 Å². The van der Waals surface area contributed by atoms with Gasteiger partial charge in [0.1, 0.15) is 5.82 Å². The quantitative estimate of drug-likeness (QED) is 0.344. The molecule has 0 aliphatic carbocycles. The Morgan fingerprint density at radius 3 is 2.31 bits per heavy atom. The molecule has 32 heavy (non-hydrogen) atoms. The molecule has 0 radical (unpaired) electrons. The predicted octanol–water partition coefficient (Wildman–Crippen LogP) is 3.97. The molecule has 0 aliphatic rings. The number of amides is 1. The summed E-state index contributed by atoms with van der Waals surface area (Å²) >= 11 is 3.29. The van der Waals surface area contributed by atoms with Gasteiger partial charge < -0.3 is 0 Å². The van der Waals surface area contributed by atoms with Crippen molar-refractivity contribution in [1.29, 1.82) is 0 Å². The van der Waals surface area contributed by atoms with Gasteiger partial charge in [-0.1, -0.05) is 58.4 Å². The third kappa shape index (κ3) is 6.81. The Morgan fingerprint density at radius 1 is 1.00 bits per heavy atom. The van der Waals surface area contributed by atoms with Gasteiger partial charge in [0.05, 0.1) is 17.7 Å². The van der Waals surface area contributed by atoms with Crippen LogP contribution in [0.15, 0.2) is 93.3 Å². The van der Waals surface area contributed by atoms with Gasteiger partial charge in [-0.05, 0) is 53.9 Å². The van der Waals surface area contributed by atoms with Gasteiger partial charge in [0.2, 0.25) is 10.0 Å². The van der Waals surface area contributed by atoms with Gasteiger partial charge >= 0.3 is 0 Å². The maximum absolute atomic E-state index is 13.2. The molecular formula is C23H21BrFN3O3S. The lowest BCUT2D eigenvalue weighted by Crippen LogP contribution is -2.40. The lowest BCUT2D eigenvalue weighted by atomic mass is 10.1. The summed E-state index contributed by atoms with van der Waals surface area (Å²) in [5, 5.41) is 3.83. The highest BCUT2D eigenvalue weighted by Crippen LogP contribution is 2.19. The van der Waals surface area contributed by atoms with E-state index in [9.17, 15) is 17.6 Å². The first-order valence-electron chi connectivity index (χ1n) is 9.72. The second kappa shape index (κ2) is 11.1. The number of sulfonamides is 1. The average molecular weight is 518 g/mol. The highest BCUT2D eigenvalue weighted by molar-refractivity contribution is 9.10. The van der Waals surface area contributed by atoms with E-state index >= 15 is 0 Å². The van der Waals surface area contributed by atoms with Crippen LogP contribution in [0.3, 0.4) is 0 Å². The van der Waals surface area contributed by atoms with Crippen LogP contribution < -0.4 is 5.43 Å². The van der Waals surface area contributed by atoms with E-state index in [1.165, 1.54) is 42.6 Å². The first kappa shape index (κ1) is 23.8. The van der Waals surface area contributed by atoms with Gasteiger partial charge in [0.15, 0.2) is 0 Å². The molecule has 1 amide bonds. The first-order valence-corrected chi connectivity index (χ1v) is 11.9. The van der Waals surface area contributed by atoms with E-state index in [4.69, 9.17) is 0 Å². The number of halogens is 2. The van der Waals surface area contributed by atoms with Crippen molar-refractivity contribution in [3.05, 3.63) is 100 Å². The zero-order valence-corrected chi connectivity index (χ0v) is 19.4. The minimum Gasteiger partial charge on any atom is -0.272 e. The van der Waals surface area contributed by atoms with Gasteiger partial charge in [-0.3, -0.25) is 4.79 Å². The lowest BCUT2D eigenvalue weighted by Gasteiger charge is -2.21. The van der Waals surface area contributed by atoms with E-state index in [1.54, 1.807) is 12.1 Å². The molecule has 3 aromatic rings. The second-order valence-corrected chi connectivity index (χ2v) is 9.73. The van der Waals surface area contributed by atoms with Crippen molar-refractivity contribution >= 4 is 38.1 Å². The molecular weight excluding hydrogens is 497 g/mol. The van der Waals surface area contributed by atoms with Crippen LogP contribution in [0.5, 0.6) is 0 Å². The van der Waals surface area contributed by atoms with Crippen LogP contribution in [0.2, 0.25) is 0 Å². The van der Waals surface area contributed by atoms with E-state index in [1.807, 2.05) is 30.3 Å². The number of nitrogens with zero attached hydrogens (tertiary/aromatic N) is 2. The molecule has 6 nitrogen and oxygen atoms in total. The number of hydrazone groups is 1. The maximum Gasteiger partial charge on any atom is 0.255 e. The number of hydrogen-bond donors (Lipinski definition) is 1. The smallest absolute Gasteiger partial charge is 0.255 e. The Bertz CT molecular complexity index is 1170. The predicted molar refractivity (Wildman–Crippen MR) is 125 cm³/mol. The molecule has 3 aromatic carbocycles. The molecule has 0 unspecified atom stereocenters. The van der Waals surface area contributed by atoms with Crippen LogP contribution in [0.25, 0.3) is 0 Å². The molecule has 0 fully saturated rings. The fourth-order valence-corrected chi connectivity index (χ4v) is 4.52. The normalized spacial score (nSPS) is 11.7. The van der Waals surface area contributed by atoms with Gasteiger partial charge in [0, 0.05) is 11.0 Å². The molecule has 3 rings (SSSR count). The lowest BCUT2D eigenvalue weighted by molar-refractivity contribution is -0.121. The van der Waals surface area contributed by atoms with Crippen molar-refractivity contribution in [3.63, 3.8) is 0 Å². The molecule has 0 aliphatic heterocycles. The van der Waals surface area contributed by atoms with Crippen LogP contribution in [0, 0.1) is 5.82 Å². The Kier molecular flexibility index (Phi) is 8.26. The van der Waals surface area contributed by atoms with Crippen LogP contribution in [-0.4, -0.2) is 37.9 Å². The van der Waals surface area contributed by atoms with E-state index in [2.05, 4.69) is 26.5 Å². The van der Waals surface area contributed by atoms with Crippen molar-refractivity contribution in [3.8, 4) is 0 Å². The van der Waals surface area contributed by atoms with E-state index < -0.39 is 22.5 Å². The van der Waals surface area contributed by atoms with Crippen LogP contribution in [0.1, 0.15) is 11.1 Å². The molecule has 0 aromatic heterocycles. The number of nitrogens with one attached hydrogen (secondary N) is 1. The zero-order chi connectivity index (χ0) is 23.0. The summed E-state index contributed by atoms with van der Waals surface area (Å²) in [6.45, 7) is -0.274. The number of rotatable bonds is 9. The van der Waals surface area contributed by atoms with E-state index in [0.29, 0.717) is 12.0 Å². The fraction of sp³-hybridized carbons (Fsp3) is 0.130. The van der Waals surface area contributed by atoms with E-state index in [0.717, 1.165) is 14.3 Å². The monoisotopic (exact) mass is 517 g/mol. The SMILES string of the molecule is O=C(CN(CCc1ccccc1)S(=O)(=O)c1ccc(Br)cc1)N/N=C\c1ccc(F)cc1. The van der Waals surface area contributed by atoms with Crippen molar-refractivity contribution in [2.75, 3.05) is 13.1 Å². The molecule has 0 heterocycles. The summed E-state index contributed by atoms with van der Waals surface area (Å²) in [5.41, 5.74) is 3.88. The van der Waals surface area contributed by atoms with Crippen LogP contribution in [0.4, 0.5) is 4.39 Å². The molecule has 0 bridgehead atoms. The maximum atomic E-state index is 13.2. The molecule has 0 saturated heterocycles. The number of benzene rings is 3. The molecule has 9 heteroatoms. The topological polar surface area (TPSA) is 78.8 Å². The third-order valence-corrected chi connectivity index (χ3v) is 6.93. The number of hydrogen-bond acceptors (Lipinski definition) is 4. The van der Waals surface area contributed by atoms with Crippen LogP contribution >= 0.6 is 15.9 Å². The molecule has 166 valence electrons. The first-order chi connectivity index (χ1) is 15.3. The number of carbonyl (C=O) groups is 1. The molecule has 0 saturated carbocycles. The summed E-state index contributed by atoms with van der Waals surface area (Å²) in [6, 6.07) is 21.2. The van der Waals surface area contributed by atoms with Gasteiger partial charge in [-0.2, -0.15) is 9.41 Å². The fourth-order valence-electron chi connectivity index (χ4n) is 2.86. The number of carbonyl (C=O) groups excluding carboxylic acids is 1. The Morgan fingerprint density at radius 2 is 1.66 bits per heavy atom. The Labute approximate surface area is 195 Å². The van der Waals surface area contributed by atoms with Crippen molar-refractivity contribution in [1.82, 2.24) is 9.73 Å². The Balaban J connectivity index is 1.72. The van der Waals surface area contributed by atoms with Crippen LogP contribution in [-0.2, 0) is 21.2 Å². The van der Waals surface area contributed by atoms with Gasteiger partial charge in [0.25, 0.3) is 5.91 Å². The summed E-state index contributed by atoms with van der Waals surface area (Å²) in [4.78, 5) is 12.5. The Hall–Kier alpha value is -2.88. The molecule has 0 spiro atoms. The highest BCUT2D eigenvalue weighted by Gasteiger charge is 2.26. The minimum absolute atomic E-state index is 0.0939.